The van der Waals surface area contributed by atoms with Crippen LogP contribution in [0.15, 0.2) is 10.4 Å². The number of thiazole rings is 1. The van der Waals surface area contributed by atoms with E-state index >= 15 is 0 Å². The second-order valence-electron chi connectivity index (χ2n) is 8.85. The highest BCUT2D eigenvalue weighted by molar-refractivity contribution is 8.01. The summed E-state index contributed by atoms with van der Waals surface area (Å²) < 4.78 is 11.7. The Morgan fingerprint density at radius 3 is 2.58 bits per heavy atom. The van der Waals surface area contributed by atoms with Gasteiger partial charge < -0.3 is 19.5 Å². The summed E-state index contributed by atoms with van der Waals surface area (Å²) in [6.45, 7) is 2.03. The number of hydrogen-bond acceptors (Lipinski definition) is 7. The van der Waals surface area contributed by atoms with E-state index in [1.54, 1.807) is 13.3 Å². The van der Waals surface area contributed by atoms with Crippen molar-refractivity contribution in [2.45, 2.75) is 80.5 Å². The molecule has 10 heteroatoms. The van der Waals surface area contributed by atoms with Crippen molar-refractivity contribution in [2.75, 3.05) is 38.0 Å². The summed E-state index contributed by atoms with van der Waals surface area (Å²) >= 11 is 2.87. The van der Waals surface area contributed by atoms with E-state index in [1.165, 1.54) is 42.4 Å². The quantitative estimate of drug-likeness (QED) is 0.305. The number of rotatable bonds is 12. The number of aliphatic carboxylic acids is 1. The summed E-state index contributed by atoms with van der Waals surface area (Å²) in [6, 6.07) is 0.508. The lowest BCUT2D eigenvalue weighted by Gasteiger charge is -2.42. The predicted octanol–water partition coefficient (Wildman–Crippen LogP) is 5.10. The average Bonchev–Trinajstić information content (AvgIpc) is 3.25. The van der Waals surface area contributed by atoms with Crippen LogP contribution in [-0.2, 0) is 14.3 Å². The van der Waals surface area contributed by atoms with Gasteiger partial charge in [0.1, 0.15) is 0 Å². The number of nitrogens with zero attached hydrogens (tertiary/aromatic N) is 2. The van der Waals surface area contributed by atoms with Crippen molar-refractivity contribution in [2.24, 2.45) is 5.92 Å². The number of anilines is 1. The standard InChI is InChI=1S/C23H37N3O5S2/c1-30-12-13-31-16-17-7-9-19(10-8-17)26(18-5-3-2-4-6-18)23(29)25-22-24-15-21(33-22)32-14-11-20(27)28/h15,17-19H,2-14,16H2,1H3,(H,27,28)(H,24,25,29). The summed E-state index contributed by atoms with van der Waals surface area (Å²) in [5.74, 6) is 0.246. The molecule has 186 valence electrons. The molecule has 1 aromatic rings. The van der Waals surface area contributed by atoms with Crippen LogP contribution >= 0.6 is 23.1 Å². The summed E-state index contributed by atoms with van der Waals surface area (Å²) in [4.78, 5) is 30.6. The zero-order valence-electron chi connectivity index (χ0n) is 19.5. The molecule has 0 radical (unpaired) electrons. The number of amides is 2. The number of carbonyl (C=O) groups excluding carboxylic acids is 1. The van der Waals surface area contributed by atoms with Gasteiger partial charge in [-0.15, -0.1) is 11.8 Å². The molecule has 0 aliphatic heterocycles. The van der Waals surface area contributed by atoms with Gasteiger partial charge in [0, 0.05) is 31.6 Å². The number of carboxylic acids is 1. The molecule has 2 aliphatic rings. The van der Waals surface area contributed by atoms with Crippen LogP contribution in [0.5, 0.6) is 0 Å². The maximum Gasteiger partial charge on any atom is 0.324 e. The van der Waals surface area contributed by atoms with Crippen LogP contribution in [0.3, 0.4) is 0 Å². The van der Waals surface area contributed by atoms with Crippen LogP contribution in [-0.4, -0.2) is 71.8 Å². The van der Waals surface area contributed by atoms with Gasteiger partial charge in [-0.1, -0.05) is 30.6 Å². The lowest BCUT2D eigenvalue weighted by Crippen LogP contribution is -2.51. The second kappa shape index (κ2) is 14.1. The van der Waals surface area contributed by atoms with Crippen LogP contribution in [0.2, 0.25) is 0 Å². The lowest BCUT2D eigenvalue weighted by molar-refractivity contribution is -0.136. The SMILES string of the molecule is COCCOCC1CCC(N(C(=O)Nc2ncc(SCCC(=O)O)s2)C2CCCCC2)CC1. The zero-order valence-corrected chi connectivity index (χ0v) is 21.1. The van der Waals surface area contributed by atoms with Gasteiger partial charge in [0.15, 0.2) is 5.13 Å². The molecule has 1 heterocycles. The van der Waals surface area contributed by atoms with Crippen LogP contribution in [0, 0.1) is 5.92 Å². The van der Waals surface area contributed by atoms with Gasteiger partial charge in [-0.05, 0) is 44.4 Å². The van der Waals surface area contributed by atoms with E-state index in [2.05, 4.69) is 15.2 Å². The summed E-state index contributed by atoms with van der Waals surface area (Å²) in [6.07, 6.45) is 11.8. The Kier molecular flexibility index (Phi) is 11.2. The molecule has 1 aromatic heterocycles. The molecule has 0 bridgehead atoms. The first-order chi connectivity index (χ1) is 16.1. The van der Waals surface area contributed by atoms with Gasteiger partial charge >= 0.3 is 12.0 Å². The Hall–Kier alpha value is -1.36. The molecule has 2 N–H and O–H groups in total. The fourth-order valence-electron chi connectivity index (χ4n) is 4.75. The molecule has 3 rings (SSSR count). The molecule has 33 heavy (non-hydrogen) atoms. The molecule has 0 unspecified atom stereocenters. The van der Waals surface area contributed by atoms with E-state index in [4.69, 9.17) is 14.6 Å². The third kappa shape index (κ3) is 8.73. The number of urea groups is 1. The van der Waals surface area contributed by atoms with Gasteiger partial charge in [-0.2, -0.15) is 0 Å². The first kappa shape index (κ1) is 26.2. The van der Waals surface area contributed by atoms with Crippen LogP contribution in [0.25, 0.3) is 0 Å². The molecule has 0 atom stereocenters. The van der Waals surface area contributed by atoms with Crippen molar-refractivity contribution in [3.05, 3.63) is 6.20 Å². The van der Waals surface area contributed by atoms with Gasteiger partial charge in [-0.25, -0.2) is 9.78 Å². The van der Waals surface area contributed by atoms with E-state index in [0.717, 1.165) is 49.3 Å². The molecular formula is C23H37N3O5S2. The summed E-state index contributed by atoms with van der Waals surface area (Å²) in [5, 5.41) is 12.4. The molecular weight excluding hydrogens is 462 g/mol. The Morgan fingerprint density at radius 2 is 1.88 bits per heavy atom. The van der Waals surface area contributed by atoms with Gasteiger partial charge in [0.2, 0.25) is 0 Å². The molecule has 2 saturated carbocycles. The lowest BCUT2D eigenvalue weighted by atomic mass is 9.84. The minimum absolute atomic E-state index is 0.0434. The molecule has 2 fully saturated rings. The molecule has 2 aliphatic carbocycles. The zero-order chi connectivity index (χ0) is 23.5. The minimum Gasteiger partial charge on any atom is -0.481 e. The predicted molar refractivity (Wildman–Crippen MR) is 131 cm³/mol. The first-order valence-corrected chi connectivity index (χ1v) is 13.8. The largest absolute Gasteiger partial charge is 0.481 e. The van der Waals surface area contributed by atoms with Gasteiger partial charge in [0.25, 0.3) is 0 Å². The third-order valence-corrected chi connectivity index (χ3v) is 8.57. The fourth-order valence-corrected chi connectivity index (χ4v) is 6.62. The Labute approximate surface area is 204 Å². The molecule has 2 amide bonds. The summed E-state index contributed by atoms with van der Waals surface area (Å²) in [7, 11) is 1.68. The smallest absolute Gasteiger partial charge is 0.324 e. The van der Waals surface area contributed by atoms with Crippen LogP contribution < -0.4 is 5.32 Å². The van der Waals surface area contributed by atoms with Crippen molar-refractivity contribution >= 4 is 40.2 Å². The highest BCUT2D eigenvalue weighted by atomic mass is 32.2. The van der Waals surface area contributed by atoms with Crippen molar-refractivity contribution in [3.63, 3.8) is 0 Å². The Balaban J connectivity index is 1.55. The topological polar surface area (TPSA) is 101 Å². The van der Waals surface area contributed by atoms with E-state index in [0.29, 0.717) is 36.1 Å². The number of carboxylic acid groups (broad SMARTS) is 1. The Bertz CT molecular complexity index is 733. The molecule has 0 aromatic carbocycles. The van der Waals surface area contributed by atoms with Gasteiger partial charge in [-0.3, -0.25) is 10.1 Å². The number of methoxy groups -OCH3 is 1. The van der Waals surface area contributed by atoms with Crippen molar-refractivity contribution in [1.29, 1.82) is 0 Å². The maximum atomic E-state index is 13.4. The number of thioether (sulfide) groups is 1. The van der Waals surface area contributed by atoms with Crippen LogP contribution in [0.4, 0.5) is 9.93 Å². The number of ether oxygens (including phenoxy) is 2. The van der Waals surface area contributed by atoms with E-state index < -0.39 is 5.97 Å². The normalized spacial score (nSPS) is 21.6. The third-order valence-electron chi connectivity index (χ3n) is 6.46. The second-order valence-corrected chi connectivity index (χ2v) is 11.3. The number of aromatic nitrogens is 1. The summed E-state index contributed by atoms with van der Waals surface area (Å²) in [5.41, 5.74) is 0. The average molecular weight is 500 g/mol. The number of hydrogen-bond donors (Lipinski definition) is 2. The van der Waals surface area contributed by atoms with E-state index in [-0.39, 0.29) is 18.5 Å². The van der Waals surface area contributed by atoms with Crippen molar-refractivity contribution < 1.29 is 24.2 Å². The highest BCUT2D eigenvalue weighted by Crippen LogP contribution is 2.34. The van der Waals surface area contributed by atoms with Gasteiger partial charge in [0.05, 0.1) is 30.0 Å². The van der Waals surface area contributed by atoms with Crippen molar-refractivity contribution in [1.82, 2.24) is 9.88 Å². The number of nitrogens with one attached hydrogen (secondary N) is 1. The molecule has 0 saturated heterocycles. The molecule has 0 spiro atoms. The van der Waals surface area contributed by atoms with E-state index in [9.17, 15) is 9.59 Å². The Morgan fingerprint density at radius 1 is 1.15 bits per heavy atom. The fraction of sp³-hybridized carbons (Fsp3) is 0.783. The monoisotopic (exact) mass is 499 g/mol. The number of carbonyl (C=O) groups is 2. The maximum absolute atomic E-state index is 13.4. The highest BCUT2D eigenvalue weighted by Gasteiger charge is 2.34. The van der Waals surface area contributed by atoms with Crippen molar-refractivity contribution in [3.8, 4) is 0 Å². The molecule has 8 nitrogen and oxygen atoms in total. The van der Waals surface area contributed by atoms with Crippen LogP contribution in [0.1, 0.15) is 64.2 Å². The first-order valence-electron chi connectivity index (χ1n) is 12.0. The minimum atomic E-state index is -0.806. The van der Waals surface area contributed by atoms with E-state index in [1.807, 2.05) is 0 Å².